The van der Waals surface area contributed by atoms with Gasteiger partial charge in [0.1, 0.15) is 11.5 Å². The monoisotopic (exact) mass is 275 g/mol. The van der Waals surface area contributed by atoms with Crippen molar-refractivity contribution in [2.45, 2.75) is 41.2 Å². The predicted octanol–water partition coefficient (Wildman–Crippen LogP) is 3.75. The van der Waals surface area contributed by atoms with Gasteiger partial charge in [-0.2, -0.15) is 5.10 Å². The van der Waals surface area contributed by atoms with Crippen LogP contribution in [0.15, 0.2) is 22.7 Å². The highest BCUT2D eigenvalue weighted by Gasteiger charge is 2.19. The van der Waals surface area contributed by atoms with Crippen molar-refractivity contribution in [3.63, 3.8) is 0 Å². The third-order valence-electron chi connectivity index (χ3n) is 3.95. The van der Waals surface area contributed by atoms with Gasteiger partial charge in [-0.1, -0.05) is 27.7 Å². The molecule has 4 nitrogen and oxygen atoms in total. The van der Waals surface area contributed by atoms with E-state index in [9.17, 15) is 0 Å². The first-order valence-electron chi connectivity index (χ1n) is 7.17. The largest absolute Gasteiger partial charge is 0.460 e. The normalized spacial score (nSPS) is 13.7. The fraction of sp³-hybridized carbons (Fsp3) is 0.562. The van der Waals surface area contributed by atoms with Gasteiger partial charge in [0.05, 0.1) is 6.20 Å². The number of aromatic amines is 1. The second-order valence-corrected chi connectivity index (χ2v) is 6.58. The van der Waals surface area contributed by atoms with Gasteiger partial charge in [-0.15, -0.1) is 0 Å². The van der Waals surface area contributed by atoms with E-state index in [1.165, 1.54) is 0 Å². The fourth-order valence-corrected chi connectivity index (χ4v) is 1.96. The molecule has 0 spiro atoms. The Labute approximate surface area is 121 Å². The Morgan fingerprint density at radius 2 is 2.10 bits per heavy atom. The molecule has 110 valence electrons. The van der Waals surface area contributed by atoms with Crippen molar-refractivity contribution in [2.24, 2.45) is 11.3 Å². The number of nitrogens with one attached hydrogen (secondary N) is 2. The van der Waals surface area contributed by atoms with Crippen LogP contribution in [0.5, 0.6) is 0 Å². The van der Waals surface area contributed by atoms with Crippen molar-refractivity contribution in [2.75, 3.05) is 6.54 Å². The van der Waals surface area contributed by atoms with Crippen LogP contribution in [0.25, 0.3) is 11.5 Å². The number of aromatic nitrogens is 2. The summed E-state index contributed by atoms with van der Waals surface area (Å²) in [6, 6.07) is 3.94. The molecule has 4 heteroatoms. The smallest absolute Gasteiger partial charge is 0.152 e. The molecule has 0 aliphatic carbocycles. The highest BCUT2D eigenvalue weighted by molar-refractivity contribution is 5.56. The van der Waals surface area contributed by atoms with Gasteiger partial charge in [-0.25, -0.2) is 0 Å². The molecule has 0 saturated heterocycles. The van der Waals surface area contributed by atoms with Crippen LogP contribution < -0.4 is 5.32 Å². The van der Waals surface area contributed by atoms with E-state index in [1.54, 1.807) is 0 Å². The molecule has 0 fully saturated rings. The molecule has 2 aromatic rings. The molecule has 0 amide bonds. The number of furan rings is 1. The predicted molar refractivity (Wildman–Crippen MR) is 81.4 cm³/mol. The lowest BCUT2D eigenvalue weighted by Gasteiger charge is -2.27. The first-order chi connectivity index (χ1) is 9.38. The van der Waals surface area contributed by atoms with Gasteiger partial charge in [0.25, 0.3) is 0 Å². The average molecular weight is 275 g/mol. The zero-order valence-electron chi connectivity index (χ0n) is 13.1. The van der Waals surface area contributed by atoms with Crippen LogP contribution in [-0.4, -0.2) is 16.7 Å². The van der Waals surface area contributed by atoms with Crippen LogP contribution >= 0.6 is 0 Å². The standard InChI is InChI=1S/C16H25N3O/c1-11(16(3,4)5)8-17-9-13-10-18-19-15(13)14-7-6-12(2)20-14/h6-7,10-11,17H,8-9H2,1-5H3,(H,18,19). The summed E-state index contributed by atoms with van der Waals surface area (Å²) >= 11 is 0. The molecular formula is C16H25N3O. The first kappa shape index (κ1) is 14.9. The van der Waals surface area contributed by atoms with E-state index in [-0.39, 0.29) is 0 Å². The van der Waals surface area contributed by atoms with E-state index in [1.807, 2.05) is 25.3 Å². The zero-order valence-corrected chi connectivity index (χ0v) is 13.1. The van der Waals surface area contributed by atoms with Gasteiger partial charge in [0.2, 0.25) is 0 Å². The van der Waals surface area contributed by atoms with Crippen LogP contribution in [0.2, 0.25) is 0 Å². The molecule has 2 N–H and O–H groups in total. The number of aryl methyl sites for hydroxylation is 1. The van der Waals surface area contributed by atoms with Crippen molar-refractivity contribution < 1.29 is 4.42 Å². The van der Waals surface area contributed by atoms with Gasteiger partial charge in [0, 0.05) is 12.1 Å². The zero-order chi connectivity index (χ0) is 14.8. The van der Waals surface area contributed by atoms with Crippen LogP contribution in [0, 0.1) is 18.3 Å². The quantitative estimate of drug-likeness (QED) is 0.873. The highest BCUT2D eigenvalue weighted by Crippen LogP contribution is 2.25. The maximum Gasteiger partial charge on any atom is 0.152 e. The topological polar surface area (TPSA) is 53.9 Å². The maximum absolute atomic E-state index is 5.65. The molecule has 0 aliphatic rings. The Balaban J connectivity index is 1.97. The molecule has 1 atom stereocenters. The van der Waals surface area contributed by atoms with E-state index in [2.05, 4.69) is 43.2 Å². The fourth-order valence-electron chi connectivity index (χ4n) is 1.96. The van der Waals surface area contributed by atoms with E-state index in [0.717, 1.165) is 35.9 Å². The molecule has 20 heavy (non-hydrogen) atoms. The molecule has 2 aromatic heterocycles. The van der Waals surface area contributed by atoms with E-state index >= 15 is 0 Å². The molecule has 0 aliphatic heterocycles. The minimum absolute atomic E-state index is 0.324. The number of hydrogen-bond donors (Lipinski definition) is 2. The second kappa shape index (κ2) is 5.83. The Morgan fingerprint density at radius 1 is 1.35 bits per heavy atom. The van der Waals surface area contributed by atoms with Gasteiger partial charge in [-0.05, 0) is 36.9 Å². The molecule has 0 aromatic carbocycles. The molecule has 2 rings (SSSR count). The van der Waals surface area contributed by atoms with Crippen LogP contribution in [0.4, 0.5) is 0 Å². The Bertz CT molecular complexity index is 548. The number of hydrogen-bond acceptors (Lipinski definition) is 3. The van der Waals surface area contributed by atoms with Crippen LogP contribution in [0.3, 0.4) is 0 Å². The van der Waals surface area contributed by atoms with Crippen LogP contribution in [0.1, 0.15) is 39.0 Å². The third kappa shape index (κ3) is 3.51. The van der Waals surface area contributed by atoms with Crippen molar-refractivity contribution in [1.82, 2.24) is 15.5 Å². The minimum Gasteiger partial charge on any atom is -0.460 e. The lowest BCUT2D eigenvalue weighted by Crippen LogP contribution is -2.29. The van der Waals surface area contributed by atoms with Crippen molar-refractivity contribution in [3.05, 3.63) is 29.7 Å². The number of rotatable bonds is 5. The molecule has 0 radical (unpaired) electrons. The van der Waals surface area contributed by atoms with E-state index in [4.69, 9.17) is 4.42 Å². The maximum atomic E-state index is 5.65. The highest BCUT2D eigenvalue weighted by atomic mass is 16.3. The molecule has 1 unspecified atom stereocenters. The Morgan fingerprint density at radius 3 is 2.70 bits per heavy atom. The van der Waals surface area contributed by atoms with Gasteiger partial charge >= 0.3 is 0 Å². The van der Waals surface area contributed by atoms with E-state index in [0.29, 0.717) is 11.3 Å². The van der Waals surface area contributed by atoms with E-state index < -0.39 is 0 Å². The SMILES string of the molecule is Cc1ccc(-c2[nH]ncc2CNCC(C)C(C)(C)C)o1. The number of nitrogens with zero attached hydrogens (tertiary/aromatic N) is 1. The molecule has 0 bridgehead atoms. The third-order valence-corrected chi connectivity index (χ3v) is 3.95. The molecule has 0 saturated carbocycles. The van der Waals surface area contributed by atoms with Crippen molar-refractivity contribution in [1.29, 1.82) is 0 Å². The summed E-state index contributed by atoms with van der Waals surface area (Å²) in [7, 11) is 0. The summed E-state index contributed by atoms with van der Waals surface area (Å²) in [5.41, 5.74) is 2.43. The van der Waals surface area contributed by atoms with Crippen molar-refractivity contribution >= 4 is 0 Å². The Kier molecular flexibility index (Phi) is 4.33. The first-order valence-corrected chi connectivity index (χ1v) is 7.17. The summed E-state index contributed by atoms with van der Waals surface area (Å²) in [5.74, 6) is 2.37. The minimum atomic E-state index is 0.324. The number of H-pyrrole nitrogens is 1. The molecule has 2 heterocycles. The lowest BCUT2D eigenvalue weighted by molar-refractivity contribution is 0.252. The summed E-state index contributed by atoms with van der Waals surface area (Å²) in [6.45, 7) is 12.8. The summed E-state index contributed by atoms with van der Waals surface area (Å²) < 4.78 is 5.65. The molecular weight excluding hydrogens is 250 g/mol. The van der Waals surface area contributed by atoms with Crippen molar-refractivity contribution in [3.8, 4) is 11.5 Å². The summed E-state index contributed by atoms with van der Waals surface area (Å²) in [6.07, 6.45) is 1.86. The van der Waals surface area contributed by atoms with Gasteiger partial charge in [-0.3, -0.25) is 5.10 Å². The van der Waals surface area contributed by atoms with Gasteiger partial charge < -0.3 is 9.73 Å². The van der Waals surface area contributed by atoms with Gasteiger partial charge in [0.15, 0.2) is 5.76 Å². The average Bonchev–Trinajstić information content (AvgIpc) is 2.96. The summed E-state index contributed by atoms with van der Waals surface area (Å²) in [4.78, 5) is 0. The lowest BCUT2D eigenvalue weighted by atomic mass is 9.82. The van der Waals surface area contributed by atoms with Crippen LogP contribution in [-0.2, 0) is 6.54 Å². The Hall–Kier alpha value is -1.55. The summed E-state index contributed by atoms with van der Waals surface area (Å²) in [5, 5.41) is 10.7. The second-order valence-electron chi connectivity index (χ2n) is 6.58.